The van der Waals surface area contributed by atoms with Gasteiger partial charge in [0.25, 0.3) is 0 Å². The normalized spacial score (nSPS) is 19.6. The Morgan fingerprint density at radius 1 is 1.88 bits per heavy atom. The summed E-state index contributed by atoms with van der Waals surface area (Å²) in [6.45, 7) is 0. The molecule has 0 bridgehead atoms. The van der Waals surface area contributed by atoms with Crippen LogP contribution in [0.1, 0.15) is 0 Å². The first-order chi connectivity index (χ1) is 3.80. The zero-order valence-electron chi connectivity index (χ0n) is 4.63. The van der Waals surface area contributed by atoms with E-state index in [4.69, 9.17) is 12.2 Å². The highest BCUT2D eigenvalue weighted by atomic mass is 32.2. The molecule has 0 atom stereocenters. The highest BCUT2D eigenvalue weighted by Gasteiger charge is 2.02. The molecule has 0 saturated heterocycles. The van der Waals surface area contributed by atoms with Gasteiger partial charge < -0.3 is 4.90 Å². The molecule has 0 unspecified atom stereocenters. The van der Waals surface area contributed by atoms with Crippen molar-refractivity contribution < 1.29 is 0 Å². The maximum atomic E-state index is 4.98. The second kappa shape index (κ2) is 2.51. The third kappa shape index (κ3) is 1.23. The average Bonchev–Trinajstić information content (AvgIpc) is 1.77. The van der Waals surface area contributed by atoms with Crippen molar-refractivity contribution in [1.82, 2.24) is 4.90 Å². The molecule has 1 aliphatic rings. The highest BCUT2D eigenvalue weighted by molar-refractivity contribution is 8.03. The first kappa shape index (κ1) is 6.11. The van der Waals surface area contributed by atoms with Crippen LogP contribution >= 0.6 is 24.0 Å². The van der Waals surface area contributed by atoms with E-state index in [0.29, 0.717) is 0 Å². The summed E-state index contributed by atoms with van der Waals surface area (Å²) in [5.41, 5.74) is 0. The Labute approximate surface area is 58.7 Å². The summed E-state index contributed by atoms with van der Waals surface area (Å²) in [6, 6.07) is 0. The Balaban J connectivity index is 2.60. The zero-order valence-corrected chi connectivity index (χ0v) is 6.26. The van der Waals surface area contributed by atoms with Gasteiger partial charge in [-0.3, -0.25) is 0 Å². The van der Waals surface area contributed by atoms with Crippen molar-refractivity contribution in [2.75, 3.05) is 12.8 Å². The van der Waals surface area contributed by atoms with Gasteiger partial charge in [-0.05, 0) is 5.41 Å². The summed E-state index contributed by atoms with van der Waals surface area (Å²) in [6.07, 6.45) is 1.98. The fraction of sp³-hybridized carbons (Fsp3) is 0.400. The van der Waals surface area contributed by atoms with E-state index in [-0.39, 0.29) is 0 Å². The van der Waals surface area contributed by atoms with Crippen molar-refractivity contribution in [3.8, 4) is 0 Å². The number of thiocarbonyl (C=S) groups is 1. The van der Waals surface area contributed by atoms with Crippen LogP contribution in [0, 0.1) is 0 Å². The lowest BCUT2D eigenvalue weighted by atomic mass is 10.6. The molecule has 3 heteroatoms. The van der Waals surface area contributed by atoms with Gasteiger partial charge in [0.05, 0.1) is 4.99 Å². The number of rotatable bonds is 0. The maximum Gasteiger partial charge on any atom is 0.0920 e. The summed E-state index contributed by atoms with van der Waals surface area (Å²) in [5, 5.41) is 2.05. The summed E-state index contributed by atoms with van der Waals surface area (Å²) in [5.74, 6) is 0.961. The van der Waals surface area contributed by atoms with Gasteiger partial charge in [0, 0.05) is 19.0 Å². The van der Waals surface area contributed by atoms with Crippen LogP contribution in [-0.4, -0.2) is 22.7 Å². The predicted molar refractivity (Wildman–Crippen MR) is 42.0 cm³/mol. The van der Waals surface area contributed by atoms with Crippen LogP contribution in [0.3, 0.4) is 0 Å². The molecule has 0 amide bonds. The van der Waals surface area contributed by atoms with E-state index in [1.807, 2.05) is 18.1 Å². The summed E-state index contributed by atoms with van der Waals surface area (Å²) in [7, 11) is 1.97. The van der Waals surface area contributed by atoms with Crippen molar-refractivity contribution in [3.63, 3.8) is 0 Å². The van der Waals surface area contributed by atoms with Gasteiger partial charge in [-0.25, -0.2) is 0 Å². The lowest BCUT2D eigenvalue weighted by molar-refractivity contribution is 0.699. The number of hydrogen-bond acceptors (Lipinski definition) is 2. The van der Waals surface area contributed by atoms with E-state index in [2.05, 4.69) is 5.41 Å². The van der Waals surface area contributed by atoms with Gasteiger partial charge in [0.15, 0.2) is 0 Å². The Morgan fingerprint density at radius 3 is 3.00 bits per heavy atom. The molecule has 0 N–H and O–H groups in total. The second-order valence-corrected chi connectivity index (χ2v) is 2.97. The van der Waals surface area contributed by atoms with Crippen LogP contribution in [0.25, 0.3) is 0 Å². The van der Waals surface area contributed by atoms with E-state index in [9.17, 15) is 0 Å². The summed E-state index contributed by atoms with van der Waals surface area (Å²) < 4.78 is 0. The Hall–Kier alpha value is -0.0200. The van der Waals surface area contributed by atoms with Crippen LogP contribution < -0.4 is 0 Å². The van der Waals surface area contributed by atoms with Crippen LogP contribution in [0.15, 0.2) is 11.6 Å². The third-order valence-electron chi connectivity index (χ3n) is 0.981. The minimum absolute atomic E-state index is 0.961. The highest BCUT2D eigenvalue weighted by Crippen LogP contribution is 2.10. The van der Waals surface area contributed by atoms with Gasteiger partial charge in [-0.2, -0.15) is 0 Å². The molecular formula is C5H7NS2. The Morgan fingerprint density at radius 2 is 2.62 bits per heavy atom. The molecule has 44 valence electrons. The molecule has 1 nitrogen and oxygen atoms in total. The molecule has 0 saturated carbocycles. The molecule has 0 spiro atoms. The second-order valence-electron chi connectivity index (χ2n) is 1.60. The Kier molecular flexibility index (Phi) is 1.91. The van der Waals surface area contributed by atoms with E-state index >= 15 is 0 Å². The van der Waals surface area contributed by atoms with Crippen molar-refractivity contribution in [2.45, 2.75) is 0 Å². The molecular weight excluding hydrogens is 138 g/mol. The zero-order chi connectivity index (χ0) is 5.98. The van der Waals surface area contributed by atoms with Gasteiger partial charge in [0.2, 0.25) is 0 Å². The molecule has 1 heterocycles. The average molecular weight is 145 g/mol. The number of thioether (sulfide) groups is 1. The predicted octanol–water partition coefficient (Wildman–Crippen LogP) is 1.46. The molecule has 0 aromatic heterocycles. The van der Waals surface area contributed by atoms with E-state index in [0.717, 1.165) is 10.7 Å². The van der Waals surface area contributed by atoms with Gasteiger partial charge in [-0.15, -0.1) is 11.8 Å². The topological polar surface area (TPSA) is 3.24 Å². The molecule has 0 fully saturated rings. The van der Waals surface area contributed by atoms with Crippen LogP contribution in [0.5, 0.6) is 0 Å². The van der Waals surface area contributed by atoms with Crippen LogP contribution in [0.4, 0.5) is 0 Å². The van der Waals surface area contributed by atoms with Crippen molar-refractivity contribution in [3.05, 3.63) is 11.6 Å². The molecule has 1 aliphatic heterocycles. The van der Waals surface area contributed by atoms with Crippen LogP contribution in [0.2, 0.25) is 0 Å². The quantitative estimate of drug-likeness (QED) is 0.475. The Bertz CT molecular complexity index is 130. The summed E-state index contributed by atoms with van der Waals surface area (Å²) in [4.78, 5) is 2.98. The van der Waals surface area contributed by atoms with E-state index in [1.165, 1.54) is 0 Å². The maximum absolute atomic E-state index is 4.98. The minimum Gasteiger partial charge on any atom is -0.344 e. The van der Waals surface area contributed by atoms with Crippen molar-refractivity contribution >= 4 is 29.0 Å². The standard InChI is InChI=1S/C5H7NS2/c1-6-2-3-8-4-5(6)7/h2-3H,4H2,1H3. The largest absolute Gasteiger partial charge is 0.344 e. The minimum atomic E-state index is 0.961. The molecule has 0 aromatic rings. The van der Waals surface area contributed by atoms with E-state index < -0.39 is 0 Å². The first-order valence-corrected chi connectivity index (χ1v) is 3.80. The lowest BCUT2D eigenvalue weighted by Gasteiger charge is -2.17. The van der Waals surface area contributed by atoms with Crippen molar-refractivity contribution in [2.24, 2.45) is 0 Å². The van der Waals surface area contributed by atoms with Crippen LogP contribution in [-0.2, 0) is 0 Å². The molecule has 1 rings (SSSR count). The molecule has 0 aliphatic carbocycles. The summed E-state index contributed by atoms with van der Waals surface area (Å²) >= 11 is 6.73. The molecule has 8 heavy (non-hydrogen) atoms. The fourth-order valence-electron chi connectivity index (χ4n) is 0.439. The van der Waals surface area contributed by atoms with E-state index in [1.54, 1.807) is 11.8 Å². The smallest absolute Gasteiger partial charge is 0.0920 e. The number of hydrogen-bond donors (Lipinski definition) is 0. The third-order valence-corrected chi connectivity index (χ3v) is 2.35. The molecule has 0 radical (unpaired) electrons. The van der Waals surface area contributed by atoms with Gasteiger partial charge in [-0.1, -0.05) is 12.2 Å². The first-order valence-electron chi connectivity index (χ1n) is 2.34. The fourth-order valence-corrected chi connectivity index (χ4v) is 1.41. The SMILES string of the molecule is CN1C=CSCC1=S. The lowest BCUT2D eigenvalue weighted by Crippen LogP contribution is -2.22. The van der Waals surface area contributed by atoms with Crippen molar-refractivity contribution in [1.29, 1.82) is 0 Å². The number of nitrogens with zero attached hydrogens (tertiary/aromatic N) is 1. The van der Waals surface area contributed by atoms with Gasteiger partial charge in [0.1, 0.15) is 0 Å². The molecule has 0 aromatic carbocycles. The van der Waals surface area contributed by atoms with Gasteiger partial charge >= 0.3 is 0 Å². The monoisotopic (exact) mass is 145 g/mol.